The topological polar surface area (TPSA) is 152 Å². The van der Waals surface area contributed by atoms with Gasteiger partial charge in [-0.05, 0) is 0 Å². The number of fused-ring (bicyclic) bond motifs is 1. The van der Waals surface area contributed by atoms with Crippen LogP contribution in [0.3, 0.4) is 0 Å². The molecule has 0 spiro atoms. The van der Waals surface area contributed by atoms with Crippen LogP contribution in [0, 0.1) is 0 Å². The summed E-state index contributed by atoms with van der Waals surface area (Å²) in [5.41, 5.74) is 6.70. The lowest BCUT2D eigenvalue weighted by atomic mass is 10.1. The molecule has 5 N–H and O–H groups in total. The van der Waals surface area contributed by atoms with Crippen LogP contribution in [0.15, 0.2) is 6.33 Å². The van der Waals surface area contributed by atoms with E-state index in [0.29, 0.717) is 43.4 Å². The zero-order valence-electron chi connectivity index (χ0n) is 13.4. The zero-order valence-corrected chi connectivity index (χ0v) is 13.4. The molecular weight excluding hydrogens is 332 g/mol. The van der Waals surface area contributed by atoms with Gasteiger partial charge in [0.15, 0.2) is 23.2 Å². The third kappa shape index (κ3) is 2.60. The minimum absolute atomic E-state index is 0.213. The molecule has 4 heterocycles. The third-order valence-electron chi connectivity index (χ3n) is 4.55. The fourth-order valence-corrected chi connectivity index (χ4v) is 3.23. The van der Waals surface area contributed by atoms with Crippen molar-refractivity contribution in [3.63, 3.8) is 0 Å². The molecule has 11 heteroatoms. The zero-order chi connectivity index (χ0) is 17.6. The summed E-state index contributed by atoms with van der Waals surface area (Å²) in [6.07, 6.45) is -3.01. The Morgan fingerprint density at radius 1 is 1.20 bits per heavy atom. The van der Waals surface area contributed by atoms with Crippen molar-refractivity contribution in [2.75, 3.05) is 43.5 Å². The molecule has 4 rings (SSSR count). The van der Waals surface area contributed by atoms with E-state index in [2.05, 4.69) is 15.0 Å². The molecule has 11 nitrogen and oxygen atoms in total. The summed E-state index contributed by atoms with van der Waals surface area (Å²) in [5, 5.41) is 29.9. The van der Waals surface area contributed by atoms with E-state index in [-0.39, 0.29) is 5.82 Å². The molecular formula is C14H20N6O5. The Morgan fingerprint density at radius 3 is 2.64 bits per heavy atom. The highest BCUT2D eigenvalue weighted by Gasteiger charge is 2.45. The maximum Gasteiger partial charge on any atom is 0.210 e. The second-order valence-electron chi connectivity index (χ2n) is 6.04. The smallest absolute Gasteiger partial charge is 0.210 e. The molecule has 0 unspecified atom stereocenters. The fraction of sp³-hybridized carbons (Fsp3) is 0.643. The number of anilines is 2. The van der Waals surface area contributed by atoms with E-state index in [4.69, 9.17) is 15.2 Å². The monoisotopic (exact) mass is 352 g/mol. The van der Waals surface area contributed by atoms with Crippen molar-refractivity contribution in [2.45, 2.75) is 24.5 Å². The number of hydrogen-bond donors (Lipinski definition) is 4. The van der Waals surface area contributed by atoms with Crippen molar-refractivity contribution >= 4 is 22.9 Å². The first-order valence-corrected chi connectivity index (χ1v) is 8.05. The van der Waals surface area contributed by atoms with E-state index in [1.54, 1.807) is 4.57 Å². The summed E-state index contributed by atoms with van der Waals surface area (Å²) in [6.45, 7) is 1.88. The van der Waals surface area contributed by atoms with Gasteiger partial charge in [0, 0.05) is 13.1 Å². The molecule has 2 fully saturated rings. The summed E-state index contributed by atoms with van der Waals surface area (Å²) in [7, 11) is 0. The summed E-state index contributed by atoms with van der Waals surface area (Å²) in [4.78, 5) is 14.7. The Bertz CT molecular complexity index is 763. The standard InChI is InChI=1S/C14H20N6O5/c15-11-8-12(17-6-16-11)20(13-10(23)9(22)7(5-21)25-13)14(18-8)19-1-3-24-4-2-19/h6-7,9-10,13,21-23H,1-5H2,(H2,15,16,17)/t7-,9+,10-,13-/m1/s1. The van der Waals surface area contributed by atoms with Crippen LogP contribution < -0.4 is 10.6 Å². The quantitative estimate of drug-likeness (QED) is 0.481. The molecule has 0 radical (unpaired) electrons. The number of nitrogen functional groups attached to an aromatic ring is 1. The molecule has 2 aromatic heterocycles. The molecule has 4 atom stereocenters. The molecule has 136 valence electrons. The highest BCUT2D eigenvalue weighted by molar-refractivity contribution is 5.84. The van der Waals surface area contributed by atoms with Crippen molar-refractivity contribution in [3.05, 3.63) is 6.33 Å². The SMILES string of the molecule is Nc1ncnc2c1nc(N1CCOCC1)n2[C@@H]1O[C@H](CO)[C@H](O)[C@H]1O. The van der Waals surface area contributed by atoms with E-state index < -0.39 is 31.1 Å². The summed E-state index contributed by atoms with van der Waals surface area (Å²) in [6, 6.07) is 0. The minimum Gasteiger partial charge on any atom is -0.394 e. The average molecular weight is 352 g/mol. The van der Waals surface area contributed by atoms with Crippen molar-refractivity contribution in [1.29, 1.82) is 0 Å². The van der Waals surface area contributed by atoms with Gasteiger partial charge in [0.25, 0.3) is 0 Å². The van der Waals surface area contributed by atoms with Gasteiger partial charge in [0.2, 0.25) is 5.95 Å². The Morgan fingerprint density at radius 2 is 1.96 bits per heavy atom. The summed E-state index contributed by atoms with van der Waals surface area (Å²) >= 11 is 0. The number of hydrogen-bond acceptors (Lipinski definition) is 10. The maximum atomic E-state index is 10.4. The molecule has 0 aliphatic carbocycles. The largest absolute Gasteiger partial charge is 0.394 e. The predicted molar refractivity (Wildman–Crippen MR) is 85.8 cm³/mol. The van der Waals surface area contributed by atoms with Gasteiger partial charge in [0.05, 0.1) is 19.8 Å². The van der Waals surface area contributed by atoms with Crippen LogP contribution in [-0.2, 0) is 9.47 Å². The van der Waals surface area contributed by atoms with E-state index in [1.807, 2.05) is 4.90 Å². The predicted octanol–water partition coefficient (Wildman–Crippen LogP) is -2.14. The van der Waals surface area contributed by atoms with E-state index in [9.17, 15) is 15.3 Å². The highest BCUT2D eigenvalue weighted by Crippen LogP contribution is 2.36. The number of nitrogens with two attached hydrogens (primary N) is 1. The lowest BCUT2D eigenvalue weighted by molar-refractivity contribution is -0.0506. The Labute approximate surface area is 142 Å². The van der Waals surface area contributed by atoms with E-state index in [1.165, 1.54) is 6.33 Å². The van der Waals surface area contributed by atoms with Gasteiger partial charge in [0.1, 0.15) is 24.6 Å². The molecule has 2 aliphatic rings. The molecule has 0 saturated carbocycles. The first-order valence-electron chi connectivity index (χ1n) is 8.05. The third-order valence-corrected chi connectivity index (χ3v) is 4.55. The van der Waals surface area contributed by atoms with Crippen molar-refractivity contribution < 1.29 is 24.8 Å². The number of aromatic nitrogens is 4. The number of rotatable bonds is 3. The van der Waals surface area contributed by atoms with Crippen LogP contribution in [0.4, 0.5) is 11.8 Å². The van der Waals surface area contributed by atoms with Gasteiger partial charge >= 0.3 is 0 Å². The minimum atomic E-state index is -1.24. The van der Waals surface area contributed by atoms with Gasteiger partial charge in [-0.3, -0.25) is 4.57 Å². The number of ether oxygens (including phenoxy) is 2. The summed E-state index contributed by atoms with van der Waals surface area (Å²) < 4.78 is 12.6. The van der Waals surface area contributed by atoms with Crippen LogP contribution in [0.25, 0.3) is 11.2 Å². The van der Waals surface area contributed by atoms with Gasteiger partial charge in [-0.25, -0.2) is 15.0 Å². The van der Waals surface area contributed by atoms with Gasteiger partial charge in [-0.15, -0.1) is 0 Å². The lowest BCUT2D eigenvalue weighted by Crippen LogP contribution is -2.39. The van der Waals surface area contributed by atoms with Crippen molar-refractivity contribution in [2.24, 2.45) is 0 Å². The average Bonchev–Trinajstić information content (AvgIpc) is 3.15. The molecule has 0 amide bonds. The van der Waals surface area contributed by atoms with Crippen LogP contribution in [0.5, 0.6) is 0 Å². The van der Waals surface area contributed by atoms with Crippen molar-refractivity contribution in [1.82, 2.24) is 19.5 Å². The van der Waals surface area contributed by atoms with Crippen LogP contribution in [-0.4, -0.2) is 86.1 Å². The second kappa shape index (κ2) is 6.35. The Balaban J connectivity index is 1.84. The molecule has 2 saturated heterocycles. The Kier molecular flexibility index (Phi) is 4.17. The van der Waals surface area contributed by atoms with Crippen LogP contribution >= 0.6 is 0 Å². The number of aliphatic hydroxyl groups excluding tert-OH is 3. The molecule has 2 aromatic rings. The maximum absolute atomic E-state index is 10.4. The number of nitrogens with zero attached hydrogens (tertiary/aromatic N) is 5. The lowest BCUT2D eigenvalue weighted by Gasteiger charge is -2.30. The Hall–Kier alpha value is -2.05. The molecule has 25 heavy (non-hydrogen) atoms. The van der Waals surface area contributed by atoms with Crippen LogP contribution in [0.2, 0.25) is 0 Å². The number of imidazole rings is 1. The normalized spacial score (nSPS) is 30.3. The number of morpholine rings is 1. The van der Waals surface area contributed by atoms with E-state index in [0.717, 1.165) is 0 Å². The highest BCUT2D eigenvalue weighted by atomic mass is 16.6. The number of aliphatic hydroxyl groups is 3. The molecule has 2 aliphatic heterocycles. The fourth-order valence-electron chi connectivity index (χ4n) is 3.23. The molecule has 0 bridgehead atoms. The van der Waals surface area contributed by atoms with Crippen molar-refractivity contribution in [3.8, 4) is 0 Å². The van der Waals surface area contributed by atoms with Crippen LogP contribution in [0.1, 0.15) is 6.23 Å². The van der Waals surface area contributed by atoms with E-state index >= 15 is 0 Å². The second-order valence-corrected chi connectivity index (χ2v) is 6.04. The first kappa shape index (κ1) is 16.4. The van der Waals surface area contributed by atoms with Gasteiger partial charge in [-0.1, -0.05) is 0 Å². The molecule has 0 aromatic carbocycles. The van der Waals surface area contributed by atoms with Gasteiger partial charge < -0.3 is 35.4 Å². The first-order chi connectivity index (χ1) is 12.1. The van der Waals surface area contributed by atoms with Gasteiger partial charge in [-0.2, -0.15) is 0 Å². The summed E-state index contributed by atoms with van der Waals surface area (Å²) in [5.74, 6) is 0.713.